The molecule has 3 nitrogen and oxygen atoms in total. The van der Waals surface area contributed by atoms with Crippen LogP contribution in [0, 0.1) is 11.8 Å². The molecule has 16 heavy (non-hydrogen) atoms. The van der Waals surface area contributed by atoms with E-state index >= 15 is 0 Å². The maximum absolute atomic E-state index is 4.41. The summed E-state index contributed by atoms with van der Waals surface area (Å²) in [6.45, 7) is 6.93. The first-order valence-corrected chi connectivity index (χ1v) is 6.16. The zero-order chi connectivity index (χ0) is 11.3. The molecule has 0 aromatic carbocycles. The van der Waals surface area contributed by atoms with E-state index in [0.29, 0.717) is 30.0 Å². The van der Waals surface area contributed by atoms with Crippen molar-refractivity contribution in [3.63, 3.8) is 0 Å². The Hall–Kier alpha value is -1.09. The Balaban J connectivity index is 2.01. The van der Waals surface area contributed by atoms with E-state index in [1.807, 2.05) is 12.3 Å². The van der Waals surface area contributed by atoms with Gasteiger partial charge in [0.1, 0.15) is 5.82 Å². The summed E-state index contributed by atoms with van der Waals surface area (Å²) >= 11 is 0. The van der Waals surface area contributed by atoms with Crippen molar-refractivity contribution >= 4 is 5.82 Å². The van der Waals surface area contributed by atoms with Crippen LogP contribution in [0.5, 0.6) is 0 Å². The second-order valence-corrected chi connectivity index (χ2v) is 5.37. The van der Waals surface area contributed by atoms with Gasteiger partial charge >= 0.3 is 0 Å². The minimum absolute atomic E-state index is 0.382. The number of aromatic nitrogens is 1. The summed E-state index contributed by atoms with van der Waals surface area (Å²) in [5.74, 6) is 3.05. The summed E-state index contributed by atoms with van der Waals surface area (Å²) in [6, 6.07) is 4.84. The van der Waals surface area contributed by atoms with Crippen LogP contribution >= 0.6 is 0 Å². The SMILES string of the molecule is CC(C)C1C(C)NC2Nc3ncccc3C21. The first-order chi connectivity index (χ1) is 7.68. The maximum atomic E-state index is 4.41. The number of anilines is 1. The zero-order valence-electron chi connectivity index (χ0n) is 10.1. The monoisotopic (exact) mass is 217 g/mol. The Morgan fingerprint density at radius 1 is 1.38 bits per heavy atom. The summed E-state index contributed by atoms with van der Waals surface area (Å²) in [5.41, 5.74) is 1.39. The van der Waals surface area contributed by atoms with E-state index in [4.69, 9.17) is 0 Å². The Morgan fingerprint density at radius 3 is 2.94 bits per heavy atom. The third-order valence-corrected chi connectivity index (χ3v) is 4.05. The van der Waals surface area contributed by atoms with Crippen LogP contribution in [-0.4, -0.2) is 17.2 Å². The molecule has 86 valence electrons. The zero-order valence-corrected chi connectivity index (χ0v) is 10.1. The van der Waals surface area contributed by atoms with Gasteiger partial charge in [-0.05, 0) is 24.8 Å². The van der Waals surface area contributed by atoms with Gasteiger partial charge in [-0.2, -0.15) is 0 Å². The molecule has 3 rings (SSSR count). The van der Waals surface area contributed by atoms with Crippen LogP contribution in [0.2, 0.25) is 0 Å². The van der Waals surface area contributed by atoms with Crippen molar-refractivity contribution in [3.8, 4) is 0 Å². The van der Waals surface area contributed by atoms with Gasteiger partial charge in [0, 0.05) is 23.7 Å². The number of hydrogen-bond donors (Lipinski definition) is 2. The highest BCUT2D eigenvalue weighted by Crippen LogP contribution is 2.46. The fourth-order valence-electron chi connectivity index (χ4n) is 3.50. The Kier molecular flexibility index (Phi) is 2.18. The molecule has 0 bridgehead atoms. The summed E-state index contributed by atoms with van der Waals surface area (Å²) in [7, 11) is 0. The van der Waals surface area contributed by atoms with Crippen molar-refractivity contribution in [1.29, 1.82) is 0 Å². The highest BCUT2D eigenvalue weighted by atomic mass is 15.2. The van der Waals surface area contributed by atoms with E-state index < -0.39 is 0 Å². The molecule has 0 amide bonds. The molecule has 2 aliphatic rings. The molecule has 0 saturated carbocycles. The fraction of sp³-hybridized carbons (Fsp3) is 0.615. The first kappa shape index (κ1) is 10.1. The van der Waals surface area contributed by atoms with Gasteiger partial charge in [-0.1, -0.05) is 19.9 Å². The lowest BCUT2D eigenvalue weighted by molar-refractivity contribution is 0.328. The minimum Gasteiger partial charge on any atom is -0.354 e. The topological polar surface area (TPSA) is 37.0 Å². The van der Waals surface area contributed by atoms with E-state index in [2.05, 4.69) is 42.5 Å². The van der Waals surface area contributed by atoms with Crippen molar-refractivity contribution in [2.24, 2.45) is 11.8 Å². The molecule has 1 saturated heterocycles. The molecule has 3 heterocycles. The van der Waals surface area contributed by atoms with Gasteiger partial charge in [0.05, 0.1) is 6.17 Å². The van der Waals surface area contributed by atoms with E-state index in [0.717, 1.165) is 5.82 Å². The lowest BCUT2D eigenvalue weighted by Crippen LogP contribution is -2.33. The molecule has 0 aliphatic carbocycles. The van der Waals surface area contributed by atoms with Gasteiger partial charge in [-0.25, -0.2) is 4.98 Å². The number of fused-ring (bicyclic) bond motifs is 3. The summed E-state index contributed by atoms with van der Waals surface area (Å²) in [6.07, 6.45) is 2.24. The molecular formula is C13H19N3. The van der Waals surface area contributed by atoms with Crippen molar-refractivity contribution in [2.45, 2.75) is 38.9 Å². The Labute approximate surface area is 96.7 Å². The molecule has 1 fully saturated rings. The first-order valence-electron chi connectivity index (χ1n) is 6.16. The number of pyridine rings is 1. The second kappa shape index (κ2) is 3.45. The average Bonchev–Trinajstić information content (AvgIpc) is 2.71. The maximum Gasteiger partial charge on any atom is 0.130 e. The number of rotatable bonds is 1. The third kappa shape index (κ3) is 1.27. The smallest absolute Gasteiger partial charge is 0.130 e. The normalized spacial score (nSPS) is 36.0. The van der Waals surface area contributed by atoms with E-state index in [1.165, 1.54) is 5.56 Å². The highest BCUT2D eigenvalue weighted by Gasteiger charge is 2.47. The molecule has 0 spiro atoms. The lowest BCUT2D eigenvalue weighted by atomic mass is 9.79. The molecule has 2 aliphatic heterocycles. The predicted molar refractivity (Wildman–Crippen MR) is 65.3 cm³/mol. The van der Waals surface area contributed by atoms with E-state index in [9.17, 15) is 0 Å². The van der Waals surface area contributed by atoms with Crippen molar-refractivity contribution < 1.29 is 0 Å². The van der Waals surface area contributed by atoms with Gasteiger partial charge in [0.25, 0.3) is 0 Å². The van der Waals surface area contributed by atoms with Crippen molar-refractivity contribution in [3.05, 3.63) is 23.9 Å². The molecule has 3 heteroatoms. The van der Waals surface area contributed by atoms with E-state index in [1.54, 1.807) is 0 Å². The van der Waals surface area contributed by atoms with Gasteiger partial charge in [-0.3, -0.25) is 5.32 Å². The van der Waals surface area contributed by atoms with Crippen molar-refractivity contribution in [1.82, 2.24) is 10.3 Å². The van der Waals surface area contributed by atoms with Crippen molar-refractivity contribution in [2.75, 3.05) is 5.32 Å². The van der Waals surface area contributed by atoms with Crippen LogP contribution in [0.3, 0.4) is 0 Å². The Morgan fingerprint density at radius 2 is 2.19 bits per heavy atom. The van der Waals surface area contributed by atoms with Crippen LogP contribution in [0.25, 0.3) is 0 Å². The summed E-state index contributed by atoms with van der Waals surface area (Å²) in [5, 5.41) is 7.13. The fourth-order valence-corrected chi connectivity index (χ4v) is 3.50. The molecule has 0 radical (unpaired) electrons. The molecule has 2 N–H and O–H groups in total. The van der Waals surface area contributed by atoms with Gasteiger partial charge in [0.2, 0.25) is 0 Å². The second-order valence-electron chi connectivity index (χ2n) is 5.37. The number of hydrogen-bond acceptors (Lipinski definition) is 3. The summed E-state index contributed by atoms with van der Waals surface area (Å²) in [4.78, 5) is 4.41. The minimum atomic E-state index is 0.382. The Bertz CT molecular complexity index is 402. The average molecular weight is 217 g/mol. The molecule has 1 aromatic heterocycles. The van der Waals surface area contributed by atoms with Gasteiger partial charge < -0.3 is 5.32 Å². The van der Waals surface area contributed by atoms with Crippen LogP contribution in [0.4, 0.5) is 5.82 Å². The van der Waals surface area contributed by atoms with Gasteiger partial charge in [-0.15, -0.1) is 0 Å². The number of nitrogens with zero attached hydrogens (tertiary/aromatic N) is 1. The molecule has 1 aromatic rings. The van der Waals surface area contributed by atoms with Crippen LogP contribution < -0.4 is 10.6 Å². The highest BCUT2D eigenvalue weighted by molar-refractivity contribution is 5.54. The van der Waals surface area contributed by atoms with Gasteiger partial charge in [0.15, 0.2) is 0 Å². The molecular weight excluding hydrogens is 198 g/mol. The third-order valence-electron chi connectivity index (χ3n) is 4.05. The van der Waals surface area contributed by atoms with Crippen LogP contribution in [0.15, 0.2) is 18.3 Å². The molecule has 4 unspecified atom stereocenters. The standard InChI is InChI=1S/C13H19N3/c1-7(2)10-8(3)15-13-11(10)9-5-4-6-14-12(9)16-13/h4-8,10-11,13,15H,1-3H3,(H,14,16). The number of nitrogens with one attached hydrogen (secondary N) is 2. The molecule has 4 atom stereocenters. The lowest BCUT2D eigenvalue weighted by Gasteiger charge is -2.24. The largest absolute Gasteiger partial charge is 0.354 e. The van der Waals surface area contributed by atoms with E-state index in [-0.39, 0.29) is 0 Å². The predicted octanol–water partition coefficient (Wildman–Crippen LogP) is 2.18. The quantitative estimate of drug-likeness (QED) is 0.757. The van der Waals surface area contributed by atoms with Crippen LogP contribution in [-0.2, 0) is 0 Å². The van der Waals surface area contributed by atoms with Crippen LogP contribution in [0.1, 0.15) is 32.3 Å². The summed E-state index contributed by atoms with van der Waals surface area (Å²) < 4.78 is 0.